The van der Waals surface area contributed by atoms with E-state index in [0.29, 0.717) is 0 Å². The Hall–Kier alpha value is -0.340. The Labute approximate surface area is 86.4 Å². The molecule has 0 aromatic heterocycles. The number of hydrogen-bond acceptors (Lipinski definition) is 2. The van der Waals surface area contributed by atoms with Crippen molar-refractivity contribution in [1.29, 1.82) is 0 Å². The molecule has 3 rings (SSSR count). The van der Waals surface area contributed by atoms with Crippen molar-refractivity contribution in [1.82, 2.24) is 10.2 Å². The van der Waals surface area contributed by atoms with Gasteiger partial charge in [-0.1, -0.05) is 11.6 Å². The lowest BCUT2D eigenvalue weighted by molar-refractivity contribution is 0.271. The second kappa shape index (κ2) is 3.67. The number of hydrogen-bond donors (Lipinski definition) is 1. The molecule has 78 valence electrons. The fraction of sp³-hybridized carbons (Fsp3) is 0.833. The molecule has 0 spiro atoms. The molecule has 0 saturated carbocycles. The molecule has 2 saturated heterocycles. The molecule has 0 aromatic rings. The predicted octanol–water partition coefficient (Wildman–Crippen LogP) is 1.39. The predicted molar refractivity (Wildman–Crippen MR) is 58.3 cm³/mol. The van der Waals surface area contributed by atoms with Gasteiger partial charge >= 0.3 is 0 Å². The molecule has 2 heterocycles. The van der Waals surface area contributed by atoms with Crippen LogP contribution in [0, 0.1) is 5.92 Å². The minimum absolute atomic E-state index is 0.858. The van der Waals surface area contributed by atoms with Crippen molar-refractivity contribution in [2.45, 2.75) is 31.7 Å². The normalized spacial score (nSPS) is 37.6. The van der Waals surface area contributed by atoms with Gasteiger partial charge in [0.25, 0.3) is 0 Å². The van der Waals surface area contributed by atoms with E-state index in [0.717, 1.165) is 12.0 Å². The second-order valence-corrected chi connectivity index (χ2v) is 5.00. The maximum atomic E-state index is 3.52. The minimum Gasteiger partial charge on any atom is -0.315 e. The summed E-state index contributed by atoms with van der Waals surface area (Å²) < 4.78 is 0. The molecule has 2 aliphatic heterocycles. The topological polar surface area (TPSA) is 15.3 Å². The first-order chi connectivity index (χ1) is 6.93. The molecule has 2 nitrogen and oxygen atoms in total. The number of fused-ring (bicyclic) bond motifs is 1. The Bertz CT molecular complexity index is 247. The molecule has 14 heavy (non-hydrogen) atoms. The number of rotatable bonds is 2. The van der Waals surface area contributed by atoms with Crippen molar-refractivity contribution in [2.24, 2.45) is 5.92 Å². The molecule has 0 amide bonds. The number of nitrogens with zero attached hydrogens (tertiary/aromatic N) is 1. The van der Waals surface area contributed by atoms with Crippen LogP contribution in [0.15, 0.2) is 11.6 Å². The zero-order valence-corrected chi connectivity index (χ0v) is 8.84. The molecule has 2 heteroatoms. The molecule has 0 radical (unpaired) electrons. The Balaban J connectivity index is 1.62. The number of allylic oxidation sites excluding steroid dienone is 1. The smallest absolute Gasteiger partial charge is 0.0264 e. The van der Waals surface area contributed by atoms with E-state index in [1.54, 1.807) is 5.57 Å². The van der Waals surface area contributed by atoms with Crippen LogP contribution in [0.25, 0.3) is 0 Å². The van der Waals surface area contributed by atoms with Gasteiger partial charge in [0.15, 0.2) is 0 Å². The standard InChI is InChI=1S/C12H20N2/c1-2-4-10(3-1)9-14-6-5-11-7-13-8-12(11)14/h3,11-13H,1-2,4-9H2/t11-,12+/m1/s1. The third kappa shape index (κ3) is 1.51. The summed E-state index contributed by atoms with van der Waals surface area (Å²) in [6, 6.07) is 0.858. The molecular formula is C12H20N2. The quantitative estimate of drug-likeness (QED) is 0.665. The summed E-state index contributed by atoms with van der Waals surface area (Å²) in [6.45, 7) is 5.11. The van der Waals surface area contributed by atoms with Gasteiger partial charge in [-0.3, -0.25) is 4.90 Å². The van der Waals surface area contributed by atoms with Gasteiger partial charge in [0.1, 0.15) is 0 Å². The highest BCUT2D eigenvalue weighted by Gasteiger charge is 2.37. The summed E-state index contributed by atoms with van der Waals surface area (Å²) in [7, 11) is 0. The van der Waals surface area contributed by atoms with E-state index >= 15 is 0 Å². The van der Waals surface area contributed by atoms with E-state index < -0.39 is 0 Å². The summed E-state index contributed by atoms with van der Waals surface area (Å²) in [6.07, 6.45) is 7.98. The monoisotopic (exact) mass is 192 g/mol. The number of likely N-dealkylation sites (tertiary alicyclic amines) is 1. The summed E-state index contributed by atoms with van der Waals surface area (Å²) >= 11 is 0. The van der Waals surface area contributed by atoms with Crippen LogP contribution >= 0.6 is 0 Å². The van der Waals surface area contributed by atoms with Crippen LogP contribution < -0.4 is 5.32 Å². The van der Waals surface area contributed by atoms with E-state index in [-0.39, 0.29) is 0 Å². The maximum absolute atomic E-state index is 3.52. The first-order valence-corrected chi connectivity index (χ1v) is 6.06. The number of nitrogens with one attached hydrogen (secondary N) is 1. The van der Waals surface area contributed by atoms with Crippen LogP contribution in [0.4, 0.5) is 0 Å². The van der Waals surface area contributed by atoms with Crippen LogP contribution in [0.3, 0.4) is 0 Å². The Kier molecular flexibility index (Phi) is 2.34. The Morgan fingerprint density at radius 2 is 2.43 bits per heavy atom. The van der Waals surface area contributed by atoms with Crippen molar-refractivity contribution in [3.63, 3.8) is 0 Å². The van der Waals surface area contributed by atoms with Crippen LogP contribution in [0.1, 0.15) is 25.7 Å². The van der Waals surface area contributed by atoms with E-state index in [4.69, 9.17) is 0 Å². The average Bonchev–Trinajstić information content (AvgIpc) is 2.85. The van der Waals surface area contributed by atoms with E-state index in [2.05, 4.69) is 16.3 Å². The van der Waals surface area contributed by atoms with Crippen molar-refractivity contribution in [3.8, 4) is 0 Å². The Morgan fingerprint density at radius 3 is 3.29 bits per heavy atom. The Morgan fingerprint density at radius 1 is 1.43 bits per heavy atom. The molecule has 1 N–H and O–H groups in total. The van der Waals surface area contributed by atoms with E-state index in [1.807, 2.05) is 0 Å². The zero-order valence-electron chi connectivity index (χ0n) is 8.84. The molecule has 0 aromatic carbocycles. The van der Waals surface area contributed by atoms with Gasteiger partial charge in [0, 0.05) is 19.1 Å². The molecule has 2 fully saturated rings. The molecule has 3 aliphatic rings. The lowest BCUT2D eigenvalue weighted by Crippen LogP contribution is -2.35. The molecule has 2 atom stereocenters. The molecule has 0 unspecified atom stereocenters. The maximum Gasteiger partial charge on any atom is 0.0264 e. The van der Waals surface area contributed by atoms with Crippen LogP contribution in [0.2, 0.25) is 0 Å². The van der Waals surface area contributed by atoms with Gasteiger partial charge in [-0.25, -0.2) is 0 Å². The van der Waals surface area contributed by atoms with Crippen LogP contribution in [-0.4, -0.2) is 37.1 Å². The average molecular weight is 192 g/mol. The zero-order chi connectivity index (χ0) is 9.38. The summed E-state index contributed by atoms with van der Waals surface area (Å²) in [5.74, 6) is 0.956. The SMILES string of the molecule is C1=C(CN2CC[C@@H]3CNC[C@@H]32)CCC1. The summed E-state index contributed by atoms with van der Waals surface area (Å²) in [5, 5.41) is 3.52. The van der Waals surface area contributed by atoms with Gasteiger partial charge in [0.2, 0.25) is 0 Å². The van der Waals surface area contributed by atoms with Crippen LogP contribution in [-0.2, 0) is 0 Å². The third-order valence-electron chi connectivity index (χ3n) is 4.10. The van der Waals surface area contributed by atoms with Crippen molar-refractivity contribution in [2.75, 3.05) is 26.2 Å². The first kappa shape index (κ1) is 8.93. The highest BCUT2D eigenvalue weighted by molar-refractivity contribution is 5.11. The lowest BCUT2D eigenvalue weighted by Gasteiger charge is -2.23. The fourth-order valence-electron chi connectivity index (χ4n) is 3.28. The third-order valence-corrected chi connectivity index (χ3v) is 4.10. The van der Waals surface area contributed by atoms with Gasteiger partial charge in [0.05, 0.1) is 0 Å². The van der Waals surface area contributed by atoms with Gasteiger partial charge in [-0.05, 0) is 44.7 Å². The second-order valence-electron chi connectivity index (χ2n) is 5.00. The minimum atomic E-state index is 0.858. The lowest BCUT2D eigenvalue weighted by atomic mass is 10.0. The highest BCUT2D eigenvalue weighted by Crippen LogP contribution is 2.29. The van der Waals surface area contributed by atoms with Crippen molar-refractivity contribution in [3.05, 3.63) is 11.6 Å². The summed E-state index contributed by atoms with van der Waals surface area (Å²) in [5.41, 5.74) is 1.71. The van der Waals surface area contributed by atoms with Gasteiger partial charge in [-0.15, -0.1) is 0 Å². The van der Waals surface area contributed by atoms with Gasteiger partial charge < -0.3 is 5.32 Å². The molecular weight excluding hydrogens is 172 g/mol. The largest absolute Gasteiger partial charge is 0.315 e. The molecule has 0 bridgehead atoms. The van der Waals surface area contributed by atoms with Gasteiger partial charge in [-0.2, -0.15) is 0 Å². The van der Waals surface area contributed by atoms with E-state index in [1.165, 1.54) is 51.9 Å². The van der Waals surface area contributed by atoms with Crippen molar-refractivity contribution < 1.29 is 0 Å². The van der Waals surface area contributed by atoms with E-state index in [9.17, 15) is 0 Å². The fourth-order valence-corrected chi connectivity index (χ4v) is 3.28. The van der Waals surface area contributed by atoms with Crippen molar-refractivity contribution >= 4 is 0 Å². The molecule has 1 aliphatic carbocycles. The van der Waals surface area contributed by atoms with Crippen LogP contribution in [0.5, 0.6) is 0 Å². The highest BCUT2D eigenvalue weighted by atomic mass is 15.2. The summed E-state index contributed by atoms with van der Waals surface area (Å²) in [4.78, 5) is 2.71. The first-order valence-electron chi connectivity index (χ1n) is 6.06.